The Morgan fingerprint density at radius 3 is 2.54 bits per heavy atom. The fraction of sp³-hybridized carbons (Fsp3) is 0.400. The van der Waals surface area contributed by atoms with Crippen LogP contribution in [0.5, 0.6) is 0 Å². The maximum atomic E-state index is 13.5. The molecule has 0 saturated carbocycles. The Hall–Kier alpha value is -3.80. The molecule has 214 valence electrons. The van der Waals surface area contributed by atoms with Crippen LogP contribution in [-0.4, -0.2) is 93.0 Å². The van der Waals surface area contributed by atoms with Gasteiger partial charge in [0.2, 0.25) is 0 Å². The van der Waals surface area contributed by atoms with Gasteiger partial charge in [0.05, 0.1) is 11.2 Å². The number of halogens is 2. The number of piperidine rings is 1. The van der Waals surface area contributed by atoms with Crippen LogP contribution in [0.1, 0.15) is 34.6 Å². The van der Waals surface area contributed by atoms with Crippen molar-refractivity contribution in [2.45, 2.75) is 31.9 Å². The summed E-state index contributed by atoms with van der Waals surface area (Å²) in [4.78, 5) is 28.9. The number of aromatic nitrogens is 4. The molecule has 2 aliphatic heterocycles. The smallest absolute Gasteiger partial charge is 0.276 e. The Morgan fingerprint density at radius 2 is 1.73 bits per heavy atom. The van der Waals surface area contributed by atoms with Gasteiger partial charge in [-0.3, -0.25) is 29.7 Å². The average molecular weight is 561 g/mol. The lowest BCUT2D eigenvalue weighted by Gasteiger charge is -2.32. The summed E-state index contributed by atoms with van der Waals surface area (Å²) in [5.41, 5.74) is 5.39. The van der Waals surface area contributed by atoms with E-state index in [1.165, 1.54) is 0 Å². The molecule has 11 heteroatoms. The van der Waals surface area contributed by atoms with Crippen LogP contribution < -0.4 is 5.32 Å². The minimum Gasteiger partial charge on any atom is -0.320 e. The highest BCUT2D eigenvalue weighted by Gasteiger charge is 2.33. The summed E-state index contributed by atoms with van der Waals surface area (Å²) < 4.78 is 27.1. The number of carbonyl (C=O) groups is 1. The van der Waals surface area contributed by atoms with E-state index >= 15 is 0 Å². The lowest BCUT2D eigenvalue weighted by molar-refractivity contribution is -0.0566. The number of likely N-dealkylation sites (N-methyl/N-ethyl adjacent to an activating group) is 1. The first-order valence-corrected chi connectivity index (χ1v) is 14.0. The average Bonchev–Trinajstić information content (AvgIpc) is 3.39. The molecule has 4 aromatic rings. The van der Waals surface area contributed by atoms with Crippen LogP contribution in [0, 0.1) is 0 Å². The van der Waals surface area contributed by atoms with Gasteiger partial charge in [-0.1, -0.05) is 6.07 Å². The first-order valence-electron chi connectivity index (χ1n) is 14.0. The van der Waals surface area contributed by atoms with Gasteiger partial charge >= 0.3 is 0 Å². The van der Waals surface area contributed by atoms with Crippen molar-refractivity contribution in [1.29, 1.82) is 0 Å². The molecule has 0 spiro atoms. The maximum absolute atomic E-state index is 13.5. The first kappa shape index (κ1) is 27.4. The highest BCUT2D eigenvalue weighted by molar-refractivity contribution is 6.11. The van der Waals surface area contributed by atoms with E-state index in [0.29, 0.717) is 36.4 Å². The Bertz CT molecular complexity index is 1520. The van der Waals surface area contributed by atoms with E-state index in [4.69, 9.17) is 0 Å². The molecule has 2 N–H and O–H groups in total. The normalized spacial score (nSPS) is 18.5. The molecule has 6 rings (SSSR count). The predicted molar refractivity (Wildman–Crippen MR) is 154 cm³/mol. The molecule has 0 radical (unpaired) electrons. The van der Waals surface area contributed by atoms with Crippen molar-refractivity contribution in [3.63, 3.8) is 0 Å². The number of amides is 1. The van der Waals surface area contributed by atoms with E-state index in [1.54, 1.807) is 24.7 Å². The summed E-state index contributed by atoms with van der Waals surface area (Å²) in [6.45, 7) is 6.09. The summed E-state index contributed by atoms with van der Waals surface area (Å²) in [6, 6.07) is 11.5. The van der Waals surface area contributed by atoms with Crippen molar-refractivity contribution in [1.82, 2.24) is 34.9 Å². The highest BCUT2D eigenvalue weighted by atomic mass is 19.3. The number of piperazine rings is 1. The molecular weight excluding hydrogens is 526 g/mol. The number of alkyl halides is 2. The second-order valence-electron chi connectivity index (χ2n) is 11.1. The largest absolute Gasteiger partial charge is 0.320 e. The molecule has 2 aliphatic rings. The molecule has 41 heavy (non-hydrogen) atoms. The number of likely N-dealkylation sites (tertiary alicyclic amines) is 1. The quantitative estimate of drug-likeness (QED) is 0.349. The zero-order chi connectivity index (χ0) is 28.4. The van der Waals surface area contributed by atoms with Crippen LogP contribution >= 0.6 is 0 Å². The Morgan fingerprint density at radius 1 is 0.951 bits per heavy atom. The number of hydrogen-bond donors (Lipinski definition) is 2. The molecule has 0 bridgehead atoms. The number of hydrogen-bond acceptors (Lipinski definition) is 7. The molecule has 0 atom stereocenters. The molecule has 3 aromatic heterocycles. The van der Waals surface area contributed by atoms with Gasteiger partial charge in [0.15, 0.2) is 5.69 Å². The summed E-state index contributed by atoms with van der Waals surface area (Å²) in [6.07, 6.45) is 5.04. The van der Waals surface area contributed by atoms with Crippen molar-refractivity contribution >= 4 is 22.5 Å². The third-order valence-electron chi connectivity index (χ3n) is 7.96. The fourth-order valence-corrected chi connectivity index (χ4v) is 5.46. The van der Waals surface area contributed by atoms with Gasteiger partial charge in [-0.25, -0.2) is 8.78 Å². The van der Waals surface area contributed by atoms with E-state index in [9.17, 15) is 13.6 Å². The number of benzene rings is 1. The summed E-state index contributed by atoms with van der Waals surface area (Å²) >= 11 is 0. The van der Waals surface area contributed by atoms with E-state index in [-0.39, 0.29) is 18.7 Å². The maximum Gasteiger partial charge on any atom is 0.276 e. The van der Waals surface area contributed by atoms with Gasteiger partial charge in [0.1, 0.15) is 0 Å². The summed E-state index contributed by atoms with van der Waals surface area (Å²) in [7, 11) is 2.13. The van der Waals surface area contributed by atoms with E-state index < -0.39 is 5.92 Å². The second kappa shape index (κ2) is 11.6. The predicted octanol–water partition coefficient (Wildman–Crippen LogP) is 4.25. The van der Waals surface area contributed by atoms with Crippen molar-refractivity contribution in [3.8, 4) is 11.1 Å². The number of anilines is 1. The molecule has 0 aliphatic carbocycles. The van der Waals surface area contributed by atoms with Crippen LogP contribution in [-0.2, 0) is 13.1 Å². The molecule has 9 nitrogen and oxygen atoms in total. The topological polar surface area (TPSA) is 93.3 Å². The zero-order valence-corrected chi connectivity index (χ0v) is 23.1. The number of nitrogens with one attached hydrogen (secondary N) is 2. The zero-order valence-electron chi connectivity index (χ0n) is 23.1. The monoisotopic (exact) mass is 560 g/mol. The Balaban J connectivity index is 1.16. The molecule has 5 heterocycles. The molecule has 2 saturated heterocycles. The number of H-pyrrole nitrogens is 1. The number of rotatable bonds is 7. The lowest BCUT2D eigenvalue weighted by atomic mass is 10.0. The molecule has 0 unspecified atom stereocenters. The summed E-state index contributed by atoms with van der Waals surface area (Å²) in [5.74, 6) is -2.87. The van der Waals surface area contributed by atoms with E-state index in [0.717, 1.165) is 60.6 Å². The van der Waals surface area contributed by atoms with Crippen LogP contribution in [0.25, 0.3) is 22.0 Å². The van der Waals surface area contributed by atoms with Gasteiger partial charge in [0, 0.05) is 100 Å². The van der Waals surface area contributed by atoms with Gasteiger partial charge in [0.25, 0.3) is 11.8 Å². The standard InChI is InChI=1S/C30H34F2N8O/c1-38-10-12-40(13-11-38)20-25-16-24(4-7-34-25)35-29(41)28-26-15-22(2-3-27(26)36-37-28)23-14-21(17-33-18-23)19-39-8-5-30(31,32)6-9-39/h2-4,7,14-18H,5-6,8-13,19-20H2,1H3,(H,36,37)(H,34,35,41). The van der Waals surface area contributed by atoms with Gasteiger partial charge in [-0.05, 0) is 48.5 Å². The number of aromatic amines is 1. The van der Waals surface area contributed by atoms with Gasteiger partial charge in [-0.2, -0.15) is 5.10 Å². The van der Waals surface area contributed by atoms with E-state index in [1.807, 2.05) is 35.2 Å². The number of fused-ring (bicyclic) bond motifs is 1. The van der Waals surface area contributed by atoms with Gasteiger partial charge in [-0.15, -0.1) is 0 Å². The van der Waals surface area contributed by atoms with Crippen molar-refractivity contribution in [2.75, 3.05) is 51.6 Å². The molecule has 2 fully saturated rings. The number of pyridine rings is 2. The van der Waals surface area contributed by atoms with E-state index in [2.05, 4.69) is 42.3 Å². The first-order chi connectivity index (χ1) is 19.8. The highest BCUT2D eigenvalue weighted by Crippen LogP contribution is 2.30. The van der Waals surface area contributed by atoms with Crippen LogP contribution in [0.2, 0.25) is 0 Å². The minimum absolute atomic E-state index is 0.112. The molecule has 1 amide bonds. The molecular formula is C30H34F2N8O. The fourth-order valence-electron chi connectivity index (χ4n) is 5.46. The third-order valence-corrected chi connectivity index (χ3v) is 7.96. The van der Waals surface area contributed by atoms with Crippen LogP contribution in [0.4, 0.5) is 14.5 Å². The minimum atomic E-state index is -2.56. The van der Waals surface area contributed by atoms with Gasteiger partial charge < -0.3 is 10.2 Å². The SMILES string of the molecule is CN1CCN(Cc2cc(NC(=O)c3n[nH]c4ccc(-c5cncc(CN6CCC(F)(F)CC6)c5)cc34)ccn2)CC1. The second-order valence-corrected chi connectivity index (χ2v) is 11.1. The number of nitrogens with zero attached hydrogens (tertiary/aromatic N) is 6. The van der Waals surface area contributed by atoms with Crippen molar-refractivity contribution < 1.29 is 13.6 Å². The third kappa shape index (κ3) is 6.58. The Labute approximate surface area is 237 Å². The number of carbonyl (C=O) groups excluding carboxylic acids is 1. The van der Waals surface area contributed by atoms with Crippen molar-refractivity contribution in [3.05, 3.63) is 71.9 Å². The van der Waals surface area contributed by atoms with Crippen LogP contribution in [0.15, 0.2) is 55.0 Å². The summed E-state index contributed by atoms with van der Waals surface area (Å²) in [5, 5.41) is 10.9. The lowest BCUT2D eigenvalue weighted by Crippen LogP contribution is -2.44. The van der Waals surface area contributed by atoms with Crippen molar-refractivity contribution in [2.24, 2.45) is 0 Å². The Kier molecular flexibility index (Phi) is 7.74. The van der Waals surface area contributed by atoms with Crippen LogP contribution in [0.3, 0.4) is 0 Å². The molecule has 1 aromatic carbocycles.